The number of esters is 2. The molecule has 0 aromatic rings. The van der Waals surface area contributed by atoms with Gasteiger partial charge in [0, 0.05) is 12.0 Å². The van der Waals surface area contributed by atoms with Gasteiger partial charge in [-0.3, -0.25) is 9.35 Å². The molecule has 0 bridgehead atoms. The summed E-state index contributed by atoms with van der Waals surface area (Å²) in [4.78, 5) is 33.5. The van der Waals surface area contributed by atoms with Crippen LogP contribution in [0.3, 0.4) is 0 Å². The molecule has 0 heterocycles. The van der Waals surface area contributed by atoms with E-state index >= 15 is 0 Å². The van der Waals surface area contributed by atoms with Crippen LogP contribution in [-0.2, 0) is 34.0 Å². The van der Waals surface area contributed by atoms with Crippen LogP contribution in [0.4, 0.5) is 0 Å². The molecule has 0 radical (unpaired) electrons. The lowest BCUT2D eigenvalue weighted by molar-refractivity contribution is -0.147. The smallest absolute Gasteiger partial charge is 0.339 e. The molecule has 0 aliphatic heterocycles. The average molecular weight is 360 g/mol. The van der Waals surface area contributed by atoms with Gasteiger partial charge in [-0.2, -0.15) is 8.42 Å². The van der Waals surface area contributed by atoms with Crippen molar-refractivity contribution in [2.75, 3.05) is 13.2 Å². The van der Waals surface area contributed by atoms with E-state index in [1.165, 1.54) is 13.0 Å². The first-order valence-electron chi connectivity index (χ1n) is 6.63. The lowest BCUT2D eigenvalue weighted by Crippen LogP contribution is -2.27. The minimum absolute atomic E-state index is 0.119. The Hall–Kier alpha value is -2.30. The number of allylic oxidation sites excluding steroid dienone is 2. The SMILES string of the molecule is C=C(C)C(=O)OCC(O)COC(=O)C1=C(S(=O)(=O)O)C(=O)CC=C1. The number of ketones is 1. The molecule has 0 saturated carbocycles. The molecular weight excluding hydrogens is 344 g/mol. The fourth-order valence-corrected chi connectivity index (χ4v) is 2.44. The summed E-state index contributed by atoms with van der Waals surface area (Å²) in [6, 6.07) is 0. The Morgan fingerprint density at radius 3 is 2.46 bits per heavy atom. The van der Waals surface area contributed by atoms with Gasteiger partial charge in [-0.1, -0.05) is 12.7 Å². The van der Waals surface area contributed by atoms with E-state index < -0.39 is 57.6 Å². The molecule has 2 N–H and O–H groups in total. The average Bonchev–Trinajstić information content (AvgIpc) is 2.48. The molecule has 0 spiro atoms. The van der Waals surface area contributed by atoms with Gasteiger partial charge in [0.05, 0.1) is 5.57 Å². The molecule has 1 rings (SSSR count). The third-order valence-electron chi connectivity index (χ3n) is 2.73. The number of carbonyl (C=O) groups excluding carboxylic acids is 3. The summed E-state index contributed by atoms with van der Waals surface area (Å²) >= 11 is 0. The monoisotopic (exact) mass is 360 g/mol. The molecule has 0 aromatic heterocycles. The van der Waals surface area contributed by atoms with Crippen molar-refractivity contribution in [3.05, 3.63) is 34.8 Å². The molecule has 0 amide bonds. The summed E-state index contributed by atoms with van der Waals surface area (Å²) in [6.07, 6.45) is 0.611. The lowest BCUT2D eigenvalue weighted by atomic mass is 10.1. The normalized spacial score (nSPS) is 15.9. The molecule has 1 unspecified atom stereocenters. The van der Waals surface area contributed by atoms with Crippen LogP contribution in [0.5, 0.6) is 0 Å². The van der Waals surface area contributed by atoms with Crippen molar-refractivity contribution in [3.63, 3.8) is 0 Å². The molecule has 0 aromatic carbocycles. The number of ether oxygens (including phenoxy) is 2. The zero-order valence-electron chi connectivity index (χ0n) is 12.7. The van der Waals surface area contributed by atoms with Gasteiger partial charge >= 0.3 is 11.9 Å². The second-order valence-electron chi connectivity index (χ2n) is 4.88. The van der Waals surface area contributed by atoms with Gasteiger partial charge in [0.1, 0.15) is 19.3 Å². The first-order valence-corrected chi connectivity index (χ1v) is 8.07. The number of hydrogen-bond acceptors (Lipinski definition) is 8. The highest BCUT2D eigenvalue weighted by Gasteiger charge is 2.31. The number of aliphatic hydroxyl groups excluding tert-OH is 1. The van der Waals surface area contributed by atoms with E-state index in [0.29, 0.717) is 0 Å². The molecule has 0 saturated heterocycles. The van der Waals surface area contributed by atoms with E-state index in [9.17, 15) is 27.9 Å². The number of hydrogen-bond donors (Lipinski definition) is 2. The highest BCUT2D eigenvalue weighted by Crippen LogP contribution is 2.21. The third-order valence-corrected chi connectivity index (χ3v) is 3.69. The van der Waals surface area contributed by atoms with Crippen LogP contribution in [0.15, 0.2) is 34.8 Å². The van der Waals surface area contributed by atoms with Gasteiger partial charge in [0.15, 0.2) is 10.7 Å². The Morgan fingerprint density at radius 2 is 1.92 bits per heavy atom. The van der Waals surface area contributed by atoms with E-state index in [0.717, 1.165) is 6.08 Å². The molecule has 24 heavy (non-hydrogen) atoms. The zero-order valence-corrected chi connectivity index (χ0v) is 13.5. The summed E-state index contributed by atoms with van der Waals surface area (Å²) in [5, 5.41) is 9.55. The van der Waals surface area contributed by atoms with Crippen LogP contribution < -0.4 is 0 Å². The standard InChI is InChI=1S/C14H16O9S/c1-8(2)13(17)22-6-9(15)7-23-14(18)10-4-3-5-11(16)12(10)24(19,20)21/h3-4,9,15H,1,5-7H2,2H3,(H,19,20,21). The number of aliphatic hydroxyl groups is 1. The van der Waals surface area contributed by atoms with Crippen LogP contribution in [0.2, 0.25) is 0 Å². The number of carbonyl (C=O) groups is 3. The van der Waals surface area contributed by atoms with Crippen molar-refractivity contribution in [1.29, 1.82) is 0 Å². The van der Waals surface area contributed by atoms with Gasteiger partial charge in [-0.15, -0.1) is 0 Å². The van der Waals surface area contributed by atoms with Crippen LogP contribution >= 0.6 is 0 Å². The van der Waals surface area contributed by atoms with Crippen LogP contribution in [0.1, 0.15) is 13.3 Å². The minimum atomic E-state index is -4.90. The fourth-order valence-electron chi connectivity index (χ4n) is 1.64. The summed E-state index contributed by atoms with van der Waals surface area (Å²) in [7, 11) is -4.90. The molecule has 132 valence electrons. The predicted octanol–water partition coefficient (Wildman–Crippen LogP) is -0.319. The molecule has 9 nitrogen and oxygen atoms in total. The molecule has 1 atom stereocenters. The van der Waals surface area contributed by atoms with Gasteiger partial charge in [-0.25, -0.2) is 9.59 Å². The maximum atomic E-state index is 11.9. The maximum absolute atomic E-state index is 11.9. The predicted molar refractivity (Wildman–Crippen MR) is 80.1 cm³/mol. The minimum Gasteiger partial charge on any atom is -0.459 e. The van der Waals surface area contributed by atoms with Crippen LogP contribution in [0.25, 0.3) is 0 Å². The Kier molecular flexibility index (Phi) is 6.58. The van der Waals surface area contributed by atoms with Gasteiger partial charge in [-0.05, 0) is 13.0 Å². The first-order chi connectivity index (χ1) is 11.0. The van der Waals surface area contributed by atoms with E-state index in [4.69, 9.17) is 4.55 Å². The van der Waals surface area contributed by atoms with Crippen molar-refractivity contribution in [2.45, 2.75) is 19.4 Å². The third kappa shape index (κ3) is 5.41. The van der Waals surface area contributed by atoms with E-state index in [2.05, 4.69) is 16.1 Å². The summed E-state index contributed by atoms with van der Waals surface area (Å²) in [5.74, 6) is -2.92. The van der Waals surface area contributed by atoms with Gasteiger partial charge in [0.25, 0.3) is 10.1 Å². The van der Waals surface area contributed by atoms with Crippen molar-refractivity contribution in [1.82, 2.24) is 0 Å². The Morgan fingerprint density at radius 1 is 1.33 bits per heavy atom. The second kappa shape index (κ2) is 7.99. The molecular formula is C14H16O9S. The molecule has 1 aliphatic rings. The number of Topliss-reactive ketones (excluding diaryl/α,β-unsaturated/α-hetero) is 1. The van der Waals surface area contributed by atoms with Crippen molar-refractivity contribution in [2.24, 2.45) is 0 Å². The molecule has 10 heteroatoms. The topological polar surface area (TPSA) is 144 Å². The van der Waals surface area contributed by atoms with E-state index in [-0.39, 0.29) is 12.0 Å². The van der Waals surface area contributed by atoms with Crippen molar-refractivity contribution in [3.8, 4) is 0 Å². The maximum Gasteiger partial charge on any atom is 0.339 e. The molecule has 0 fully saturated rings. The van der Waals surface area contributed by atoms with Crippen molar-refractivity contribution < 1.29 is 41.9 Å². The second-order valence-corrected chi connectivity index (χ2v) is 6.24. The van der Waals surface area contributed by atoms with Gasteiger partial charge < -0.3 is 14.6 Å². The fraction of sp³-hybridized carbons (Fsp3) is 0.357. The highest BCUT2D eigenvalue weighted by molar-refractivity contribution is 7.91. The quantitative estimate of drug-likeness (QED) is 0.354. The van der Waals surface area contributed by atoms with E-state index in [1.807, 2.05) is 0 Å². The van der Waals surface area contributed by atoms with Crippen LogP contribution in [0, 0.1) is 0 Å². The van der Waals surface area contributed by atoms with Gasteiger partial charge in [0.2, 0.25) is 0 Å². The lowest BCUT2D eigenvalue weighted by Gasteiger charge is -2.14. The Labute approximate surface area is 138 Å². The van der Waals surface area contributed by atoms with Crippen molar-refractivity contribution >= 4 is 27.8 Å². The number of rotatable bonds is 7. The highest BCUT2D eigenvalue weighted by atomic mass is 32.2. The Bertz CT molecular complexity index is 727. The van der Waals surface area contributed by atoms with Crippen LogP contribution in [-0.4, -0.2) is 55.1 Å². The summed E-state index contributed by atoms with van der Waals surface area (Å²) in [5.41, 5.74) is -0.520. The summed E-state index contributed by atoms with van der Waals surface area (Å²) in [6.45, 7) is 3.65. The Balaban J connectivity index is 2.73. The first kappa shape index (κ1) is 19.7. The van der Waals surface area contributed by atoms with E-state index in [1.54, 1.807) is 0 Å². The summed E-state index contributed by atoms with van der Waals surface area (Å²) < 4.78 is 40.8. The largest absolute Gasteiger partial charge is 0.459 e. The molecule has 1 aliphatic carbocycles. The zero-order chi connectivity index (χ0) is 18.5.